The summed E-state index contributed by atoms with van der Waals surface area (Å²) in [6.07, 6.45) is 0. The van der Waals surface area contributed by atoms with Crippen LogP contribution in [0.15, 0.2) is 0 Å². The van der Waals surface area contributed by atoms with Crippen LogP contribution >= 0.6 is 7.82 Å². The van der Waals surface area contributed by atoms with Crippen molar-refractivity contribution in [2.75, 3.05) is 0 Å². The summed E-state index contributed by atoms with van der Waals surface area (Å²) < 4.78 is 8.88. The first-order chi connectivity index (χ1) is 5.46. The predicted molar refractivity (Wildman–Crippen MR) is 40.4 cm³/mol. The Hall–Kier alpha value is -0.675. The number of amides is 2. The number of urea groups is 1. The second kappa shape index (κ2) is 9.41. The summed E-state index contributed by atoms with van der Waals surface area (Å²) in [4.78, 5) is 30.6. The van der Waals surface area contributed by atoms with E-state index in [0.717, 1.165) is 0 Å². The molecule has 0 unspecified atom stereocenters. The highest BCUT2D eigenvalue weighted by molar-refractivity contribution is 7.45. The predicted octanol–water partition coefficient (Wildman–Crippen LogP) is -3.96. The molecule has 0 atom stereocenters. The number of phosphoric acid groups is 1. The lowest BCUT2D eigenvalue weighted by Gasteiger charge is -1.82. The number of nitrogens with two attached hydrogens (primary N) is 2. The highest BCUT2D eigenvalue weighted by Gasteiger charge is 2.00. The van der Waals surface area contributed by atoms with E-state index in [-0.39, 0.29) is 0 Å². The standard InChI is InChI=1S/CH4N2O.BH3O3.H3O4P/c2*2-1(3)4;1-5(2,3)4/h(H4,2,3,4);2-4H;(H3,1,2,3,4). The molecular formula is CH10BN2O8P. The van der Waals surface area contributed by atoms with Crippen LogP contribution in [0.4, 0.5) is 4.79 Å². The maximum atomic E-state index is 9.00. The zero-order chi connectivity index (χ0) is 11.7. The lowest BCUT2D eigenvalue weighted by atomic mass is 10.3. The Morgan fingerprint density at radius 1 is 1.08 bits per heavy atom. The van der Waals surface area contributed by atoms with Crippen molar-refractivity contribution in [3.05, 3.63) is 0 Å². The van der Waals surface area contributed by atoms with Crippen molar-refractivity contribution in [3.8, 4) is 0 Å². The van der Waals surface area contributed by atoms with Gasteiger partial charge in [0.15, 0.2) is 0 Å². The van der Waals surface area contributed by atoms with Crippen LogP contribution in [0.2, 0.25) is 0 Å². The largest absolute Gasteiger partial charge is 0.631 e. The van der Waals surface area contributed by atoms with E-state index in [9.17, 15) is 0 Å². The fourth-order valence-electron chi connectivity index (χ4n) is 0. The van der Waals surface area contributed by atoms with Crippen LogP contribution in [-0.4, -0.2) is 43.1 Å². The molecule has 0 radical (unpaired) electrons. The van der Waals surface area contributed by atoms with E-state index in [1.807, 2.05) is 0 Å². The fraction of sp³-hybridized carbons (Fsp3) is 0. The third-order valence-corrected chi connectivity index (χ3v) is 0. The van der Waals surface area contributed by atoms with Crippen molar-refractivity contribution in [2.24, 2.45) is 11.5 Å². The summed E-state index contributed by atoms with van der Waals surface area (Å²) in [6, 6.07) is -0.833. The van der Waals surface area contributed by atoms with Gasteiger partial charge in [-0.1, -0.05) is 0 Å². The molecule has 0 aromatic carbocycles. The molecule has 0 saturated carbocycles. The van der Waals surface area contributed by atoms with Crippen LogP contribution in [0, 0.1) is 0 Å². The molecule has 10 nitrogen and oxygen atoms in total. The zero-order valence-corrected chi connectivity index (χ0v) is 7.07. The van der Waals surface area contributed by atoms with Crippen molar-refractivity contribution in [1.29, 1.82) is 0 Å². The van der Waals surface area contributed by atoms with Gasteiger partial charge in [0, 0.05) is 0 Å². The number of carbonyl (C=O) groups excluding carboxylic acids is 1. The highest BCUT2D eigenvalue weighted by Crippen LogP contribution is 2.25. The molecule has 0 heterocycles. The molecule has 2 amide bonds. The van der Waals surface area contributed by atoms with Gasteiger partial charge in [-0.05, 0) is 0 Å². The Morgan fingerprint density at radius 2 is 1.08 bits per heavy atom. The number of carbonyl (C=O) groups is 1. The van der Waals surface area contributed by atoms with Crippen molar-refractivity contribution in [3.63, 3.8) is 0 Å². The second-order valence-electron chi connectivity index (χ2n) is 1.26. The summed E-state index contributed by atoms with van der Waals surface area (Å²) in [5.74, 6) is 0. The molecular weight excluding hydrogens is 210 g/mol. The molecule has 0 aliphatic rings. The average Bonchev–Trinajstić information content (AvgIpc) is 1.50. The smallest absolute Gasteiger partial charge is 0.402 e. The van der Waals surface area contributed by atoms with Gasteiger partial charge in [-0.25, -0.2) is 9.36 Å². The van der Waals surface area contributed by atoms with Gasteiger partial charge in [-0.3, -0.25) is 0 Å². The van der Waals surface area contributed by atoms with Gasteiger partial charge in [-0.15, -0.1) is 0 Å². The summed E-state index contributed by atoms with van der Waals surface area (Å²) in [6.45, 7) is 0. The number of primary amides is 2. The second-order valence-corrected chi connectivity index (χ2v) is 2.29. The van der Waals surface area contributed by atoms with E-state index in [1.54, 1.807) is 0 Å². The Kier molecular flexibility index (Phi) is 13.2. The van der Waals surface area contributed by atoms with Gasteiger partial charge in [0.1, 0.15) is 0 Å². The molecule has 0 aliphatic carbocycles. The SMILES string of the molecule is NC(N)=O.O=P(O)(O)O.OB(O)O. The Labute approximate surface area is 72.8 Å². The minimum atomic E-state index is -4.64. The van der Waals surface area contributed by atoms with Crippen LogP contribution in [0.1, 0.15) is 0 Å². The first-order valence-electron chi connectivity index (χ1n) is 2.34. The van der Waals surface area contributed by atoms with Crippen molar-refractivity contribution < 1.29 is 39.1 Å². The first kappa shape index (κ1) is 18.2. The van der Waals surface area contributed by atoms with Gasteiger partial charge < -0.3 is 41.2 Å². The van der Waals surface area contributed by atoms with Crippen LogP contribution in [-0.2, 0) is 4.57 Å². The van der Waals surface area contributed by atoms with Gasteiger partial charge in [0.25, 0.3) is 0 Å². The summed E-state index contributed by atoms with van der Waals surface area (Å²) in [5.41, 5.74) is 8.50. The Bertz CT molecular complexity index is 151. The Morgan fingerprint density at radius 3 is 1.08 bits per heavy atom. The van der Waals surface area contributed by atoms with E-state index >= 15 is 0 Å². The fourth-order valence-corrected chi connectivity index (χ4v) is 0. The summed E-state index contributed by atoms with van der Waals surface area (Å²) >= 11 is 0. The monoisotopic (exact) mass is 220 g/mol. The lowest BCUT2D eigenvalue weighted by Crippen LogP contribution is -2.18. The number of hydrogen-bond donors (Lipinski definition) is 8. The quantitative estimate of drug-likeness (QED) is 0.149. The van der Waals surface area contributed by atoms with E-state index < -0.39 is 21.2 Å². The molecule has 10 N–H and O–H groups in total. The molecule has 0 aromatic rings. The molecule has 12 heteroatoms. The third kappa shape index (κ3) is 2160. The van der Waals surface area contributed by atoms with Crippen LogP contribution in [0.25, 0.3) is 0 Å². The molecule has 0 spiro atoms. The lowest BCUT2D eigenvalue weighted by molar-refractivity contribution is 0.256. The van der Waals surface area contributed by atoms with Crippen LogP contribution in [0.5, 0.6) is 0 Å². The topological polar surface area (TPSA) is 208 Å². The zero-order valence-electron chi connectivity index (χ0n) is 6.18. The van der Waals surface area contributed by atoms with Crippen molar-refractivity contribution >= 4 is 21.2 Å². The normalized spacial score (nSPS) is 8.46. The molecule has 0 bridgehead atoms. The minimum Gasteiger partial charge on any atom is -0.402 e. The van der Waals surface area contributed by atoms with Gasteiger partial charge >= 0.3 is 21.2 Å². The third-order valence-electron chi connectivity index (χ3n) is 0. The molecule has 80 valence electrons. The van der Waals surface area contributed by atoms with E-state index in [0.29, 0.717) is 0 Å². The van der Waals surface area contributed by atoms with Gasteiger partial charge in [0.05, 0.1) is 0 Å². The maximum Gasteiger partial charge on any atom is 0.631 e. The summed E-state index contributed by atoms with van der Waals surface area (Å²) in [7, 11) is -6.81. The van der Waals surface area contributed by atoms with Crippen LogP contribution < -0.4 is 11.5 Å². The average molecular weight is 220 g/mol. The Balaban J connectivity index is -0.000000117. The summed E-state index contributed by atoms with van der Waals surface area (Å²) in [5, 5.41) is 21.5. The molecule has 13 heavy (non-hydrogen) atoms. The van der Waals surface area contributed by atoms with Crippen molar-refractivity contribution in [2.45, 2.75) is 0 Å². The molecule has 0 saturated heterocycles. The highest BCUT2D eigenvalue weighted by atomic mass is 31.2. The van der Waals surface area contributed by atoms with Crippen molar-refractivity contribution in [1.82, 2.24) is 0 Å². The first-order valence-corrected chi connectivity index (χ1v) is 3.90. The van der Waals surface area contributed by atoms with Gasteiger partial charge in [0.2, 0.25) is 0 Å². The van der Waals surface area contributed by atoms with Crippen LogP contribution in [0.3, 0.4) is 0 Å². The van der Waals surface area contributed by atoms with E-state index in [2.05, 4.69) is 11.5 Å². The molecule has 0 aliphatic heterocycles. The number of hydrogen-bond acceptors (Lipinski definition) is 5. The molecule has 0 rings (SSSR count). The van der Waals surface area contributed by atoms with E-state index in [1.165, 1.54) is 0 Å². The molecule has 0 aromatic heterocycles. The van der Waals surface area contributed by atoms with E-state index in [4.69, 9.17) is 39.1 Å². The number of rotatable bonds is 0. The minimum absolute atomic E-state index is 0.833. The van der Waals surface area contributed by atoms with Gasteiger partial charge in [-0.2, -0.15) is 0 Å². The maximum absolute atomic E-state index is 9.00. The molecule has 0 fully saturated rings.